The number of nitrogens with one attached hydrogen (secondary N) is 1. The van der Waals surface area contributed by atoms with Crippen LogP contribution in [0.3, 0.4) is 0 Å². The van der Waals surface area contributed by atoms with E-state index in [2.05, 4.69) is 22.5 Å². The second-order valence-electron chi connectivity index (χ2n) is 6.29. The highest BCUT2D eigenvalue weighted by atomic mass is 16.6. The van der Waals surface area contributed by atoms with Crippen LogP contribution in [0.15, 0.2) is 59.9 Å². The van der Waals surface area contributed by atoms with Crippen LogP contribution in [0.2, 0.25) is 0 Å². The van der Waals surface area contributed by atoms with Gasteiger partial charge in [0.05, 0.1) is 26.1 Å². The van der Waals surface area contributed by atoms with E-state index in [0.717, 1.165) is 6.42 Å². The number of anilines is 1. The first-order valence-electron chi connectivity index (χ1n) is 9.39. The molecule has 1 amide bonds. The molecule has 30 heavy (non-hydrogen) atoms. The monoisotopic (exact) mass is 408 g/mol. The van der Waals surface area contributed by atoms with Crippen molar-refractivity contribution in [3.05, 3.63) is 65.9 Å². The van der Waals surface area contributed by atoms with Gasteiger partial charge in [0.25, 0.3) is 5.91 Å². The summed E-state index contributed by atoms with van der Waals surface area (Å²) in [4.78, 5) is 17.9. The van der Waals surface area contributed by atoms with Crippen LogP contribution in [0.1, 0.15) is 18.1 Å². The van der Waals surface area contributed by atoms with E-state index in [1.807, 2.05) is 30.3 Å². The zero-order valence-electron chi connectivity index (χ0n) is 17.4. The van der Waals surface area contributed by atoms with Gasteiger partial charge in [0, 0.05) is 17.7 Å². The Morgan fingerprint density at radius 3 is 2.40 bits per heavy atom. The summed E-state index contributed by atoms with van der Waals surface area (Å²) >= 11 is 0. The van der Waals surface area contributed by atoms with E-state index < -0.39 is 5.91 Å². The van der Waals surface area contributed by atoms with Crippen LogP contribution >= 0.6 is 0 Å². The molecule has 0 aliphatic heterocycles. The van der Waals surface area contributed by atoms with Crippen LogP contribution in [0.4, 0.5) is 5.82 Å². The van der Waals surface area contributed by atoms with Gasteiger partial charge in [-0.25, -0.2) is 4.68 Å². The first-order chi connectivity index (χ1) is 14.6. The number of rotatable bonds is 8. The third-order valence-electron chi connectivity index (χ3n) is 4.53. The van der Waals surface area contributed by atoms with Crippen LogP contribution in [-0.4, -0.2) is 42.7 Å². The number of hydrogen-bond donors (Lipinski definition) is 1. The summed E-state index contributed by atoms with van der Waals surface area (Å²) < 4.78 is 12.2. The highest BCUT2D eigenvalue weighted by molar-refractivity contribution is 6.48. The van der Waals surface area contributed by atoms with Gasteiger partial charge < -0.3 is 19.6 Å². The molecular formula is C22H24N4O4. The Morgan fingerprint density at radius 1 is 1.03 bits per heavy atom. The van der Waals surface area contributed by atoms with Crippen LogP contribution in [-0.2, 0) is 16.1 Å². The molecule has 156 valence electrons. The number of amides is 1. The molecule has 3 aromatic rings. The Labute approximate surface area is 175 Å². The van der Waals surface area contributed by atoms with Crippen LogP contribution in [0.5, 0.6) is 11.5 Å². The largest absolute Gasteiger partial charge is 0.493 e. The molecule has 0 unspecified atom stereocenters. The van der Waals surface area contributed by atoms with Gasteiger partial charge in [-0.05, 0) is 24.1 Å². The number of oxime groups is 1. The molecule has 1 aromatic heterocycles. The third kappa shape index (κ3) is 4.43. The lowest BCUT2D eigenvalue weighted by Crippen LogP contribution is -2.25. The van der Waals surface area contributed by atoms with Crippen molar-refractivity contribution in [2.75, 3.05) is 26.6 Å². The first kappa shape index (κ1) is 20.9. The Balaban J connectivity index is 1.88. The van der Waals surface area contributed by atoms with Crippen LogP contribution < -0.4 is 14.8 Å². The maximum absolute atomic E-state index is 13.0. The Bertz CT molecular complexity index is 1040. The van der Waals surface area contributed by atoms with Gasteiger partial charge in [-0.15, -0.1) is 0 Å². The van der Waals surface area contributed by atoms with Gasteiger partial charge in [0.1, 0.15) is 12.9 Å². The second-order valence-corrected chi connectivity index (χ2v) is 6.29. The first-order valence-corrected chi connectivity index (χ1v) is 9.39. The molecule has 0 aliphatic carbocycles. The topological polar surface area (TPSA) is 87.0 Å². The van der Waals surface area contributed by atoms with Crippen molar-refractivity contribution in [3.8, 4) is 17.2 Å². The molecule has 0 saturated heterocycles. The summed E-state index contributed by atoms with van der Waals surface area (Å²) in [5, 5.41) is 11.1. The number of benzene rings is 2. The summed E-state index contributed by atoms with van der Waals surface area (Å²) in [5.74, 6) is 1.22. The SMILES string of the molecule is CCc1ccc(C(=NOC)C(=O)Nc2ccnn2-c2ccc(OC)c(OC)c2)cc1. The van der Waals surface area contributed by atoms with E-state index in [4.69, 9.17) is 14.3 Å². The molecule has 8 heteroatoms. The number of carbonyl (C=O) groups excluding carboxylic acids is 1. The minimum absolute atomic E-state index is 0.167. The number of hydrogen-bond acceptors (Lipinski definition) is 6. The molecule has 8 nitrogen and oxygen atoms in total. The van der Waals surface area contributed by atoms with E-state index >= 15 is 0 Å². The standard InChI is InChI=1S/C22H24N4O4/c1-5-15-6-8-16(9-7-15)21(25-30-4)22(27)24-20-12-13-23-26(20)17-10-11-18(28-2)19(14-17)29-3/h6-14H,5H2,1-4H3,(H,24,27). The molecule has 0 spiro atoms. The maximum atomic E-state index is 13.0. The molecule has 3 rings (SSSR count). The molecule has 0 aliphatic rings. The van der Waals surface area contributed by atoms with Crippen molar-refractivity contribution >= 4 is 17.4 Å². The van der Waals surface area contributed by atoms with Crippen molar-refractivity contribution in [3.63, 3.8) is 0 Å². The fourth-order valence-corrected chi connectivity index (χ4v) is 2.95. The highest BCUT2D eigenvalue weighted by Gasteiger charge is 2.18. The normalized spacial score (nSPS) is 11.1. The Morgan fingerprint density at radius 2 is 1.77 bits per heavy atom. The average Bonchev–Trinajstić information content (AvgIpc) is 3.25. The third-order valence-corrected chi connectivity index (χ3v) is 4.53. The van der Waals surface area contributed by atoms with E-state index in [9.17, 15) is 4.79 Å². The second kappa shape index (κ2) is 9.60. The summed E-state index contributed by atoms with van der Waals surface area (Å²) in [5.41, 5.74) is 2.69. The molecule has 0 atom stereocenters. The Hall–Kier alpha value is -3.81. The van der Waals surface area contributed by atoms with E-state index in [-0.39, 0.29) is 5.71 Å². The number of aromatic nitrogens is 2. The molecule has 0 saturated carbocycles. The summed E-state index contributed by atoms with van der Waals surface area (Å²) in [6.07, 6.45) is 2.50. The van der Waals surface area contributed by atoms with Crippen molar-refractivity contribution < 1.29 is 19.1 Å². The number of nitrogens with zero attached hydrogens (tertiary/aromatic N) is 3. The quantitative estimate of drug-likeness (QED) is 0.456. The van der Waals surface area contributed by atoms with Gasteiger partial charge >= 0.3 is 0 Å². The minimum Gasteiger partial charge on any atom is -0.493 e. The molecule has 2 aromatic carbocycles. The summed E-state index contributed by atoms with van der Waals surface area (Å²) in [6.45, 7) is 2.07. The van der Waals surface area contributed by atoms with Crippen molar-refractivity contribution in [2.24, 2.45) is 5.16 Å². The van der Waals surface area contributed by atoms with Crippen molar-refractivity contribution in [2.45, 2.75) is 13.3 Å². The lowest BCUT2D eigenvalue weighted by atomic mass is 10.1. The fourth-order valence-electron chi connectivity index (χ4n) is 2.95. The number of methoxy groups -OCH3 is 2. The smallest absolute Gasteiger partial charge is 0.279 e. The van der Waals surface area contributed by atoms with Gasteiger partial charge in [0.2, 0.25) is 0 Å². The van der Waals surface area contributed by atoms with Gasteiger partial charge in [-0.1, -0.05) is 36.3 Å². The number of ether oxygens (including phenoxy) is 2. The summed E-state index contributed by atoms with van der Waals surface area (Å²) in [7, 11) is 4.53. The van der Waals surface area contributed by atoms with Gasteiger partial charge in [-0.3, -0.25) is 4.79 Å². The van der Waals surface area contributed by atoms with E-state index in [1.54, 1.807) is 43.3 Å². The molecule has 1 heterocycles. The zero-order chi connectivity index (χ0) is 21.5. The molecular weight excluding hydrogens is 384 g/mol. The summed E-state index contributed by atoms with van der Waals surface area (Å²) in [6, 6.07) is 14.7. The molecule has 0 fully saturated rings. The van der Waals surface area contributed by atoms with Crippen LogP contribution in [0, 0.1) is 0 Å². The maximum Gasteiger partial charge on any atom is 0.279 e. The molecule has 1 N–H and O–H groups in total. The highest BCUT2D eigenvalue weighted by Crippen LogP contribution is 2.30. The minimum atomic E-state index is -0.414. The van der Waals surface area contributed by atoms with E-state index in [1.165, 1.54) is 12.7 Å². The lowest BCUT2D eigenvalue weighted by molar-refractivity contribution is -0.110. The van der Waals surface area contributed by atoms with Gasteiger partial charge in [0.15, 0.2) is 17.2 Å². The number of carbonyl (C=O) groups is 1. The Kier molecular flexibility index (Phi) is 6.69. The molecule has 0 bridgehead atoms. The van der Waals surface area contributed by atoms with E-state index in [0.29, 0.717) is 28.6 Å². The van der Waals surface area contributed by atoms with Gasteiger partial charge in [-0.2, -0.15) is 5.10 Å². The van der Waals surface area contributed by atoms with Crippen molar-refractivity contribution in [1.29, 1.82) is 0 Å². The molecule has 0 radical (unpaired) electrons. The predicted octanol–water partition coefficient (Wildman–Crippen LogP) is 3.44. The predicted molar refractivity (Wildman–Crippen MR) is 115 cm³/mol. The average molecular weight is 408 g/mol. The fraction of sp³-hybridized carbons (Fsp3) is 0.227. The van der Waals surface area contributed by atoms with Crippen LogP contribution in [0.25, 0.3) is 5.69 Å². The zero-order valence-corrected chi connectivity index (χ0v) is 17.4. The number of aryl methyl sites for hydroxylation is 1. The lowest BCUT2D eigenvalue weighted by Gasteiger charge is -2.13. The van der Waals surface area contributed by atoms with Crippen molar-refractivity contribution in [1.82, 2.24) is 9.78 Å².